The number of ether oxygens (including phenoxy) is 1. The molecule has 0 saturated carbocycles. The van der Waals surface area contributed by atoms with Gasteiger partial charge < -0.3 is 10.1 Å². The minimum absolute atomic E-state index is 0.0904. The Hall–Kier alpha value is -3.48. The lowest BCUT2D eigenvalue weighted by atomic mass is 9.85. The van der Waals surface area contributed by atoms with Crippen LogP contribution in [0.3, 0.4) is 0 Å². The monoisotopic (exact) mass is 393 g/mol. The summed E-state index contributed by atoms with van der Waals surface area (Å²) in [5.74, 6) is -1.47. The molecule has 0 saturated heterocycles. The minimum Gasteiger partial charge on any atom is -0.462 e. The molecule has 0 fully saturated rings. The normalized spacial score (nSPS) is 16.4. The number of rotatable bonds is 6. The van der Waals surface area contributed by atoms with Crippen LogP contribution in [0.5, 0.6) is 0 Å². The molecule has 1 N–H and O–H groups in total. The van der Waals surface area contributed by atoms with Gasteiger partial charge in [0.25, 0.3) is 5.70 Å². The number of hydrogen-bond acceptors (Lipinski definition) is 6. The third kappa shape index (κ3) is 4.34. The van der Waals surface area contributed by atoms with E-state index in [1.165, 1.54) is 0 Å². The van der Waals surface area contributed by atoms with Gasteiger partial charge in [-0.05, 0) is 38.0 Å². The van der Waals surface area contributed by atoms with E-state index in [2.05, 4.69) is 10.3 Å². The van der Waals surface area contributed by atoms with Crippen LogP contribution in [0.25, 0.3) is 0 Å². The van der Waals surface area contributed by atoms with Crippen molar-refractivity contribution < 1.29 is 14.5 Å². The molecule has 7 heteroatoms. The third-order valence-corrected chi connectivity index (χ3v) is 4.93. The van der Waals surface area contributed by atoms with Gasteiger partial charge in [0.2, 0.25) is 0 Å². The van der Waals surface area contributed by atoms with E-state index in [1.807, 2.05) is 43.3 Å². The standard InChI is InChI=1S/C22H23N3O4/c1-14-8-7-12-23-20(14)19-18(15(2)24-16(3)21(19)25(27)28)22(26)29-13-11-17-9-5-4-6-10-17/h4-10,12,19,24H,11,13H2,1-3H3/t19-/m0/s1. The highest BCUT2D eigenvalue weighted by Crippen LogP contribution is 2.39. The molecule has 0 unspecified atom stereocenters. The number of nitro groups is 1. The number of pyridine rings is 1. The molecular formula is C22H23N3O4. The maximum atomic E-state index is 13.0. The summed E-state index contributed by atoms with van der Waals surface area (Å²) < 4.78 is 5.50. The molecule has 0 aliphatic carbocycles. The summed E-state index contributed by atoms with van der Waals surface area (Å²) in [4.78, 5) is 28.7. The second kappa shape index (κ2) is 8.68. The lowest BCUT2D eigenvalue weighted by Crippen LogP contribution is -2.32. The van der Waals surface area contributed by atoms with E-state index >= 15 is 0 Å². The van der Waals surface area contributed by atoms with Gasteiger partial charge in [0.05, 0.1) is 28.5 Å². The van der Waals surface area contributed by atoms with Crippen LogP contribution >= 0.6 is 0 Å². The van der Waals surface area contributed by atoms with Gasteiger partial charge in [0.15, 0.2) is 0 Å². The number of esters is 1. The summed E-state index contributed by atoms with van der Waals surface area (Å²) in [5.41, 5.74) is 3.36. The van der Waals surface area contributed by atoms with Crippen LogP contribution in [-0.4, -0.2) is 22.5 Å². The van der Waals surface area contributed by atoms with Crippen molar-refractivity contribution in [1.29, 1.82) is 0 Å². The average Bonchev–Trinajstić information content (AvgIpc) is 2.68. The molecule has 0 bridgehead atoms. The number of nitrogens with zero attached hydrogens (tertiary/aromatic N) is 2. The second-order valence-electron chi connectivity index (χ2n) is 6.94. The van der Waals surface area contributed by atoms with Gasteiger partial charge in [-0.15, -0.1) is 0 Å². The Labute approximate surface area is 169 Å². The first kappa shape index (κ1) is 20.3. The van der Waals surface area contributed by atoms with Crippen molar-refractivity contribution in [2.75, 3.05) is 6.61 Å². The third-order valence-electron chi connectivity index (χ3n) is 4.93. The predicted molar refractivity (Wildman–Crippen MR) is 108 cm³/mol. The fourth-order valence-electron chi connectivity index (χ4n) is 3.55. The Bertz CT molecular complexity index is 996. The Morgan fingerprint density at radius 1 is 1.14 bits per heavy atom. The molecule has 7 nitrogen and oxygen atoms in total. The zero-order valence-electron chi connectivity index (χ0n) is 16.6. The smallest absolute Gasteiger partial charge is 0.337 e. The summed E-state index contributed by atoms with van der Waals surface area (Å²) in [5, 5.41) is 14.8. The lowest BCUT2D eigenvalue weighted by molar-refractivity contribution is -0.431. The number of carbonyl (C=O) groups excluding carboxylic acids is 1. The summed E-state index contributed by atoms with van der Waals surface area (Å²) in [6.07, 6.45) is 2.14. The van der Waals surface area contributed by atoms with Gasteiger partial charge in [-0.1, -0.05) is 36.4 Å². The molecule has 150 valence electrons. The second-order valence-corrected chi connectivity index (χ2v) is 6.94. The highest BCUT2D eigenvalue weighted by atomic mass is 16.6. The van der Waals surface area contributed by atoms with Crippen LogP contribution in [0.2, 0.25) is 0 Å². The molecule has 1 aromatic carbocycles. The van der Waals surface area contributed by atoms with Crippen molar-refractivity contribution in [3.8, 4) is 0 Å². The fourth-order valence-corrected chi connectivity index (χ4v) is 3.55. The largest absolute Gasteiger partial charge is 0.462 e. The number of aryl methyl sites for hydroxylation is 1. The van der Waals surface area contributed by atoms with Crippen LogP contribution < -0.4 is 5.32 Å². The first-order valence-electron chi connectivity index (χ1n) is 9.35. The number of dihydropyridines is 1. The molecule has 29 heavy (non-hydrogen) atoms. The van der Waals surface area contributed by atoms with Crippen molar-refractivity contribution >= 4 is 5.97 Å². The van der Waals surface area contributed by atoms with Crippen LogP contribution in [0.4, 0.5) is 0 Å². The van der Waals surface area contributed by atoms with E-state index in [1.54, 1.807) is 26.1 Å². The SMILES string of the molecule is CC1=C(C(=O)OCCc2ccccc2)[C@@H](c2ncccc2C)C([N+](=O)[O-])=C(C)N1. The van der Waals surface area contributed by atoms with Crippen molar-refractivity contribution in [2.24, 2.45) is 0 Å². The molecule has 2 heterocycles. The first-order chi connectivity index (χ1) is 13.9. The Morgan fingerprint density at radius 2 is 1.86 bits per heavy atom. The van der Waals surface area contributed by atoms with E-state index in [0.717, 1.165) is 11.1 Å². The Balaban J connectivity index is 1.91. The van der Waals surface area contributed by atoms with Gasteiger partial charge in [-0.3, -0.25) is 15.1 Å². The molecule has 1 aliphatic heterocycles. The number of allylic oxidation sites excluding steroid dienone is 3. The lowest BCUT2D eigenvalue weighted by Gasteiger charge is -2.26. The van der Waals surface area contributed by atoms with Gasteiger partial charge in [0, 0.05) is 18.3 Å². The first-order valence-corrected chi connectivity index (χ1v) is 9.35. The summed E-state index contributed by atoms with van der Waals surface area (Å²) in [6, 6.07) is 13.3. The molecular weight excluding hydrogens is 370 g/mol. The minimum atomic E-state index is -0.892. The number of carbonyl (C=O) groups is 1. The van der Waals surface area contributed by atoms with Gasteiger partial charge >= 0.3 is 5.97 Å². The fraction of sp³-hybridized carbons (Fsp3) is 0.273. The molecule has 3 rings (SSSR count). The van der Waals surface area contributed by atoms with Gasteiger partial charge in [0.1, 0.15) is 5.92 Å². The van der Waals surface area contributed by atoms with E-state index in [9.17, 15) is 14.9 Å². The predicted octanol–water partition coefficient (Wildman–Crippen LogP) is 3.64. The Kier molecular flexibility index (Phi) is 6.07. The molecule has 0 spiro atoms. The molecule has 0 radical (unpaired) electrons. The van der Waals surface area contributed by atoms with Crippen LogP contribution in [0.1, 0.15) is 36.6 Å². The van der Waals surface area contributed by atoms with Crippen molar-refractivity contribution in [3.05, 3.63) is 98.3 Å². The van der Waals surface area contributed by atoms with E-state index < -0.39 is 16.8 Å². The topological polar surface area (TPSA) is 94.4 Å². The molecule has 2 aromatic rings. The van der Waals surface area contributed by atoms with Crippen molar-refractivity contribution in [2.45, 2.75) is 33.1 Å². The maximum absolute atomic E-state index is 13.0. The quantitative estimate of drug-likeness (QED) is 0.457. The highest BCUT2D eigenvalue weighted by molar-refractivity contribution is 5.92. The van der Waals surface area contributed by atoms with E-state index in [-0.39, 0.29) is 17.9 Å². The maximum Gasteiger partial charge on any atom is 0.337 e. The highest BCUT2D eigenvalue weighted by Gasteiger charge is 2.42. The average molecular weight is 393 g/mol. The molecule has 1 aromatic heterocycles. The zero-order chi connectivity index (χ0) is 21.0. The van der Waals surface area contributed by atoms with Crippen molar-refractivity contribution in [3.63, 3.8) is 0 Å². The molecule has 0 amide bonds. The molecule has 1 aliphatic rings. The van der Waals surface area contributed by atoms with E-state index in [4.69, 9.17) is 4.74 Å². The van der Waals surface area contributed by atoms with Gasteiger partial charge in [-0.25, -0.2) is 4.79 Å². The Morgan fingerprint density at radius 3 is 2.52 bits per heavy atom. The summed E-state index contributed by atoms with van der Waals surface area (Å²) in [6.45, 7) is 5.36. The number of nitrogens with one attached hydrogen (secondary N) is 1. The van der Waals surface area contributed by atoms with Crippen LogP contribution in [-0.2, 0) is 16.0 Å². The van der Waals surface area contributed by atoms with Crippen LogP contribution in [0, 0.1) is 17.0 Å². The summed E-state index contributed by atoms with van der Waals surface area (Å²) in [7, 11) is 0. The summed E-state index contributed by atoms with van der Waals surface area (Å²) >= 11 is 0. The zero-order valence-corrected chi connectivity index (χ0v) is 16.6. The number of hydrogen-bond donors (Lipinski definition) is 1. The van der Waals surface area contributed by atoms with Crippen LogP contribution in [0.15, 0.2) is 71.3 Å². The van der Waals surface area contributed by atoms with Gasteiger partial charge in [-0.2, -0.15) is 0 Å². The number of aromatic nitrogens is 1. The van der Waals surface area contributed by atoms with Crippen molar-refractivity contribution in [1.82, 2.24) is 10.3 Å². The molecule has 1 atom stereocenters. The number of benzene rings is 1. The van der Waals surface area contributed by atoms with E-state index in [0.29, 0.717) is 23.5 Å².